The van der Waals surface area contributed by atoms with Gasteiger partial charge in [0.25, 0.3) is 0 Å². The normalized spacial score (nSPS) is 35.2. The highest BCUT2D eigenvalue weighted by Gasteiger charge is 2.45. The van der Waals surface area contributed by atoms with Crippen LogP contribution >= 0.6 is 0 Å². The Morgan fingerprint density at radius 3 is 2.11 bits per heavy atom. The lowest BCUT2D eigenvalue weighted by atomic mass is 9.66. The Balaban J connectivity index is 2.07. The monoisotopic (exact) mass is 266 g/mol. The van der Waals surface area contributed by atoms with Crippen molar-refractivity contribution in [2.45, 2.75) is 78.2 Å². The van der Waals surface area contributed by atoms with Crippen molar-refractivity contribution >= 4 is 0 Å². The molecule has 1 unspecified atom stereocenters. The van der Waals surface area contributed by atoms with Crippen molar-refractivity contribution in [3.63, 3.8) is 0 Å². The third-order valence-electron chi connectivity index (χ3n) is 6.18. The molecule has 2 aliphatic rings. The molecule has 1 heterocycles. The summed E-state index contributed by atoms with van der Waals surface area (Å²) in [6, 6.07) is 0. The molecule has 2 fully saturated rings. The van der Waals surface area contributed by atoms with Crippen LogP contribution in [0.2, 0.25) is 0 Å². The molecule has 1 aliphatic carbocycles. The number of likely N-dealkylation sites (tertiary alicyclic amines) is 1. The fourth-order valence-electron chi connectivity index (χ4n) is 4.41. The molecule has 1 atom stereocenters. The molecule has 1 aliphatic heterocycles. The van der Waals surface area contributed by atoms with Crippen LogP contribution in [0.1, 0.15) is 72.6 Å². The van der Waals surface area contributed by atoms with Gasteiger partial charge in [0.2, 0.25) is 0 Å². The second-order valence-corrected chi connectivity index (χ2v) is 8.27. The van der Waals surface area contributed by atoms with Gasteiger partial charge in [-0.3, -0.25) is 4.90 Å². The Bertz CT molecular complexity index is 302. The summed E-state index contributed by atoms with van der Waals surface area (Å²) >= 11 is 0. The third kappa shape index (κ3) is 3.16. The second kappa shape index (κ2) is 5.37. The maximum Gasteiger partial charge on any atom is 0.0336 e. The van der Waals surface area contributed by atoms with E-state index in [2.05, 4.69) is 32.6 Å². The topological polar surface area (TPSA) is 29.3 Å². The predicted molar refractivity (Wildman–Crippen MR) is 83.2 cm³/mol. The van der Waals surface area contributed by atoms with E-state index in [0.29, 0.717) is 16.4 Å². The first-order chi connectivity index (χ1) is 8.85. The van der Waals surface area contributed by atoms with E-state index in [9.17, 15) is 0 Å². The zero-order valence-electron chi connectivity index (χ0n) is 13.6. The molecule has 19 heavy (non-hydrogen) atoms. The Morgan fingerprint density at radius 1 is 1.00 bits per heavy atom. The second-order valence-electron chi connectivity index (χ2n) is 8.27. The van der Waals surface area contributed by atoms with E-state index in [-0.39, 0.29) is 0 Å². The summed E-state index contributed by atoms with van der Waals surface area (Å²) in [6.07, 6.45) is 9.36. The number of piperidine rings is 1. The summed E-state index contributed by atoms with van der Waals surface area (Å²) in [5, 5.41) is 0. The number of nitrogens with zero attached hydrogens (tertiary/aromatic N) is 1. The van der Waals surface area contributed by atoms with E-state index in [1.165, 1.54) is 58.0 Å². The molecular formula is C17H34N2. The van der Waals surface area contributed by atoms with Crippen molar-refractivity contribution < 1.29 is 0 Å². The molecule has 0 aromatic heterocycles. The van der Waals surface area contributed by atoms with E-state index in [1.54, 1.807) is 0 Å². The standard InChI is InChI=1S/C17H34N2/c1-5-16(4)9-11-19(12-10-16)17(14-18)8-6-7-15(2,3)13-17/h5-14,18H2,1-4H3. The van der Waals surface area contributed by atoms with Crippen LogP contribution in [-0.2, 0) is 0 Å². The first-order valence-corrected chi connectivity index (χ1v) is 8.30. The highest BCUT2D eigenvalue weighted by molar-refractivity contribution is 5.01. The molecule has 1 saturated carbocycles. The van der Waals surface area contributed by atoms with Gasteiger partial charge in [-0.25, -0.2) is 0 Å². The summed E-state index contributed by atoms with van der Waals surface area (Å²) in [5.41, 5.74) is 7.61. The predicted octanol–water partition coefficient (Wildman–Crippen LogP) is 3.80. The van der Waals surface area contributed by atoms with Crippen LogP contribution < -0.4 is 5.73 Å². The van der Waals surface area contributed by atoms with Crippen LogP contribution in [0, 0.1) is 10.8 Å². The fraction of sp³-hybridized carbons (Fsp3) is 1.00. The summed E-state index contributed by atoms with van der Waals surface area (Å²) in [7, 11) is 0. The summed E-state index contributed by atoms with van der Waals surface area (Å²) < 4.78 is 0. The van der Waals surface area contributed by atoms with Gasteiger partial charge in [0.05, 0.1) is 0 Å². The van der Waals surface area contributed by atoms with Gasteiger partial charge in [0.1, 0.15) is 0 Å². The van der Waals surface area contributed by atoms with E-state index < -0.39 is 0 Å². The Hall–Kier alpha value is -0.0800. The number of rotatable bonds is 3. The molecule has 0 amide bonds. The van der Waals surface area contributed by atoms with E-state index >= 15 is 0 Å². The van der Waals surface area contributed by atoms with Crippen molar-refractivity contribution in [3.05, 3.63) is 0 Å². The minimum atomic E-state index is 0.302. The van der Waals surface area contributed by atoms with E-state index in [4.69, 9.17) is 5.73 Å². The highest BCUT2D eigenvalue weighted by Crippen LogP contribution is 2.46. The minimum Gasteiger partial charge on any atom is -0.329 e. The molecule has 0 aromatic rings. The number of hydrogen-bond acceptors (Lipinski definition) is 2. The zero-order valence-corrected chi connectivity index (χ0v) is 13.6. The molecule has 2 heteroatoms. The lowest BCUT2D eigenvalue weighted by Gasteiger charge is -2.54. The van der Waals surface area contributed by atoms with Gasteiger partial charge in [-0.05, 0) is 56.0 Å². The number of hydrogen-bond donors (Lipinski definition) is 1. The van der Waals surface area contributed by atoms with Crippen LogP contribution in [0.4, 0.5) is 0 Å². The van der Waals surface area contributed by atoms with E-state index in [1.807, 2.05) is 0 Å². The van der Waals surface area contributed by atoms with Crippen molar-refractivity contribution in [2.75, 3.05) is 19.6 Å². The first-order valence-electron chi connectivity index (χ1n) is 8.30. The van der Waals surface area contributed by atoms with Crippen LogP contribution in [0.15, 0.2) is 0 Å². The van der Waals surface area contributed by atoms with Crippen LogP contribution in [-0.4, -0.2) is 30.1 Å². The van der Waals surface area contributed by atoms with Gasteiger partial charge in [-0.1, -0.05) is 40.5 Å². The third-order valence-corrected chi connectivity index (χ3v) is 6.18. The fourth-order valence-corrected chi connectivity index (χ4v) is 4.41. The van der Waals surface area contributed by atoms with Gasteiger partial charge in [0, 0.05) is 12.1 Å². The van der Waals surface area contributed by atoms with Crippen molar-refractivity contribution in [3.8, 4) is 0 Å². The van der Waals surface area contributed by atoms with Crippen LogP contribution in [0.25, 0.3) is 0 Å². The zero-order chi connectivity index (χ0) is 14.1. The maximum atomic E-state index is 6.25. The lowest BCUT2D eigenvalue weighted by Crippen LogP contribution is -2.60. The smallest absolute Gasteiger partial charge is 0.0336 e. The minimum absolute atomic E-state index is 0.302. The van der Waals surface area contributed by atoms with Gasteiger partial charge in [0.15, 0.2) is 0 Å². The van der Waals surface area contributed by atoms with Gasteiger partial charge >= 0.3 is 0 Å². The molecule has 2 nitrogen and oxygen atoms in total. The van der Waals surface area contributed by atoms with Crippen LogP contribution in [0.5, 0.6) is 0 Å². The summed E-state index contributed by atoms with van der Waals surface area (Å²) in [5.74, 6) is 0. The van der Waals surface area contributed by atoms with Crippen molar-refractivity contribution in [1.29, 1.82) is 0 Å². The Kier molecular flexibility index (Phi) is 4.32. The average molecular weight is 266 g/mol. The molecule has 0 spiro atoms. The maximum absolute atomic E-state index is 6.25. The largest absolute Gasteiger partial charge is 0.329 e. The van der Waals surface area contributed by atoms with Gasteiger partial charge < -0.3 is 5.73 Å². The number of nitrogens with two attached hydrogens (primary N) is 1. The van der Waals surface area contributed by atoms with Crippen LogP contribution in [0.3, 0.4) is 0 Å². The van der Waals surface area contributed by atoms with Crippen molar-refractivity contribution in [2.24, 2.45) is 16.6 Å². The molecule has 2 rings (SSSR count). The molecule has 0 radical (unpaired) electrons. The molecule has 0 bridgehead atoms. The average Bonchev–Trinajstić information content (AvgIpc) is 2.38. The van der Waals surface area contributed by atoms with Gasteiger partial charge in [-0.15, -0.1) is 0 Å². The molecule has 0 aromatic carbocycles. The summed E-state index contributed by atoms with van der Waals surface area (Å²) in [6.45, 7) is 13.0. The molecule has 2 N–H and O–H groups in total. The lowest BCUT2D eigenvalue weighted by molar-refractivity contribution is -0.0261. The Morgan fingerprint density at radius 2 is 1.63 bits per heavy atom. The molecule has 1 saturated heterocycles. The highest BCUT2D eigenvalue weighted by atomic mass is 15.2. The SMILES string of the molecule is CCC1(C)CCN(C2(CN)CCCC(C)(C)C2)CC1. The summed E-state index contributed by atoms with van der Waals surface area (Å²) in [4.78, 5) is 2.76. The van der Waals surface area contributed by atoms with Crippen molar-refractivity contribution in [1.82, 2.24) is 4.90 Å². The quantitative estimate of drug-likeness (QED) is 0.842. The first kappa shape index (κ1) is 15.3. The van der Waals surface area contributed by atoms with E-state index in [0.717, 1.165) is 6.54 Å². The molecule has 112 valence electrons. The molecular weight excluding hydrogens is 232 g/mol. The Labute approximate surface area is 120 Å². The van der Waals surface area contributed by atoms with Gasteiger partial charge in [-0.2, -0.15) is 0 Å².